The van der Waals surface area contributed by atoms with Crippen LogP contribution in [0.2, 0.25) is 0 Å². The maximum Gasteiger partial charge on any atom is 0.230 e. The van der Waals surface area contributed by atoms with E-state index in [0.29, 0.717) is 36.1 Å². The molecule has 3 N–H and O–H groups in total. The molecule has 124 valence electrons. The zero-order valence-corrected chi connectivity index (χ0v) is 13.1. The molecule has 4 rings (SSSR count). The quantitative estimate of drug-likeness (QED) is 0.755. The molecule has 0 saturated carbocycles. The van der Waals surface area contributed by atoms with Gasteiger partial charge in [-0.3, -0.25) is 4.40 Å². The number of nitrogens with two attached hydrogens (primary N) is 1. The summed E-state index contributed by atoms with van der Waals surface area (Å²) >= 11 is 0. The lowest BCUT2D eigenvalue weighted by Crippen LogP contribution is -2.14. The molecule has 0 radical (unpaired) electrons. The van der Waals surface area contributed by atoms with Crippen LogP contribution in [0.4, 0.5) is 10.2 Å². The summed E-state index contributed by atoms with van der Waals surface area (Å²) in [6.07, 6.45) is 4.12. The van der Waals surface area contributed by atoms with Gasteiger partial charge in [-0.1, -0.05) is 6.07 Å². The minimum absolute atomic E-state index is 0.252. The lowest BCUT2D eigenvalue weighted by molar-refractivity contribution is 0.332. The molecule has 24 heavy (non-hydrogen) atoms. The van der Waals surface area contributed by atoms with Gasteiger partial charge in [0.1, 0.15) is 12.0 Å². The van der Waals surface area contributed by atoms with E-state index in [1.807, 2.05) is 16.5 Å². The second kappa shape index (κ2) is 5.72. The summed E-state index contributed by atoms with van der Waals surface area (Å²) in [5.41, 5.74) is 8.95. The summed E-state index contributed by atoms with van der Waals surface area (Å²) in [6.45, 7) is 0.927. The summed E-state index contributed by atoms with van der Waals surface area (Å²) < 4.78 is 20.9. The first-order chi connectivity index (χ1) is 11.7. The highest BCUT2D eigenvalue weighted by Crippen LogP contribution is 2.31. The average Bonchev–Trinajstić information content (AvgIpc) is 3.20. The second-order valence-corrected chi connectivity index (χ2v) is 5.75. The number of methoxy groups -OCH3 is 1. The van der Waals surface area contributed by atoms with Crippen molar-refractivity contribution in [1.29, 1.82) is 0 Å². The molecule has 1 aliphatic rings. The molecule has 0 bridgehead atoms. The van der Waals surface area contributed by atoms with Gasteiger partial charge in [-0.25, -0.2) is 19.3 Å². The summed E-state index contributed by atoms with van der Waals surface area (Å²) in [5.74, 6) is 0.571. The van der Waals surface area contributed by atoms with E-state index in [2.05, 4.69) is 20.3 Å². The van der Waals surface area contributed by atoms with Crippen LogP contribution in [0.5, 0.6) is 5.88 Å². The molecule has 7 nitrogen and oxygen atoms in total. The number of nitrogen functional groups attached to an aromatic ring is 1. The van der Waals surface area contributed by atoms with Gasteiger partial charge in [0.25, 0.3) is 0 Å². The fourth-order valence-corrected chi connectivity index (χ4v) is 3.06. The average molecular weight is 328 g/mol. The smallest absolute Gasteiger partial charge is 0.230 e. The SMILES string of the molecule is COc1cn2c(-c3ccc([C@H]4CNC[C@H]4F)c(N)n3)cnc2cn1. The maximum absolute atomic E-state index is 13.9. The van der Waals surface area contributed by atoms with Gasteiger partial charge in [-0.2, -0.15) is 0 Å². The Bertz CT molecular complexity index is 895. The molecule has 0 amide bonds. The normalized spacial score (nSPS) is 20.6. The number of hydrogen-bond acceptors (Lipinski definition) is 6. The molecule has 3 aromatic rings. The third-order valence-corrected chi connectivity index (χ3v) is 4.34. The van der Waals surface area contributed by atoms with Crippen LogP contribution >= 0.6 is 0 Å². The summed E-state index contributed by atoms with van der Waals surface area (Å²) in [4.78, 5) is 12.9. The Hall–Kier alpha value is -2.74. The predicted molar refractivity (Wildman–Crippen MR) is 87.7 cm³/mol. The van der Waals surface area contributed by atoms with E-state index in [1.54, 1.807) is 25.7 Å². The molecule has 8 heteroatoms. The van der Waals surface area contributed by atoms with Crippen molar-refractivity contribution in [3.05, 3.63) is 36.3 Å². The van der Waals surface area contributed by atoms with Gasteiger partial charge in [-0.15, -0.1) is 0 Å². The van der Waals surface area contributed by atoms with Crippen LogP contribution in [0.25, 0.3) is 17.0 Å². The van der Waals surface area contributed by atoms with E-state index < -0.39 is 6.17 Å². The van der Waals surface area contributed by atoms with E-state index in [-0.39, 0.29) is 5.92 Å². The number of ether oxygens (including phenoxy) is 1. The number of nitrogens with one attached hydrogen (secondary N) is 1. The molecule has 0 aromatic carbocycles. The number of nitrogens with zero attached hydrogens (tertiary/aromatic N) is 4. The van der Waals surface area contributed by atoms with E-state index in [4.69, 9.17) is 10.5 Å². The van der Waals surface area contributed by atoms with Gasteiger partial charge < -0.3 is 15.8 Å². The summed E-state index contributed by atoms with van der Waals surface area (Å²) in [7, 11) is 1.55. The number of halogens is 1. The van der Waals surface area contributed by atoms with Crippen LogP contribution in [0.1, 0.15) is 11.5 Å². The van der Waals surface area contributed by atoms with E-state index >= 15 is 0 Å². The number of fused-ring (bicyclic) bond motifs is 1. The van der Waals surface area contributed by atoms with Crippen molar-refractivity contribution >= 4 is 11.5 Å². The highest BCUT2D eigenvalue weighted by atomic mass is 19.1. The number of anilines is 1. The molecule has 0 spiro atoms. The first kappa shape index (κ1) is 14.8. The lowest BCUT2D eigenvalue weighted by atomic mass is 9.97. The third kappa shape index (κ3) is 2.35. The highest BCUT2D eigenvalue weighted by Gasteiger charge is 2.30. The largest absolute Gasteiger partial charge is 0.480 e. The first-order valence-electron chi connectivity index (χ1n) is 7.66. The lowest BCUT2D eigenvalue weighted by Gasteiger charge is -2.14. The van der Waals surface area contributed by atoms with E-state index in [1.165, 1.54) is 0 Å². The maximum atomic E-state index is 13.9. The molecule has 1 saturated heterocycles. The fraction of sp³-hybridized carbons (Fsp3) is 0.312. The summed E-state index contributed by atoms with van der Waals surface area (Å²) in [5, 5.41) is 3.03. The minimum Gasteiger partial charge on any atom is -0.480 e. The Balaban J connectivity index is 1.76. The molecule has 1 aliphatic heterocycles. The van der Waals surface area contributed by atoms with Gasteiger partial charge in [0.2, 0.25) is 5.88 Å². The predicted octanol–water partition coefficient (Wildman–Crippen LogP) is 1.41. The number of rotatable bonds is 3. The zero-order chi connectivity index (χ0) is 16.7. The monoisotopic (exact) mass is 328 g/mol. The number of hydrogen-bond donors (Lipinski definition) is 2. The van der Waals surface area contributed by atoms with Gasteiger partial charge >= 0.3 is 0 Å². The van der Waals surface area contributed by atoms with Crippen molar-refractivity contribution < 1.29 is 9.13 Å². The number of aromatic nitrogens is 4. The number of alkyl halides is 1. The van der Waals surface area contributed by atoms with Crippen LogP contribution in [-0.4, -0.2) is 45.7 Å². The molecule has 3 aromatic heterocycles. The second-order valence-electron chi connectivity index (χ2n) is 5.75. The number of pyridine rings is 1. The Morgan fingerprint density at radius 2 is 2.17 bits per heavy atom. The topological polar surface area (TPSA) is 90.4 Å². The molecular weight excluding hydrogens is 311 g/mol. The van der Waals surface area contributed by atoms with Crippen LogP contribution in [0, 0.1) is 0 Å². The fourth-order valence-electron chi connectivity index (χ4n) is 3.06. The number of imidazole rings is 1. The van der Waals surface area contributed by atoms with Crippen molar-refractivity contribution in [2.24, 2.45) is 0 Å². The molecule has 1 fully saturated rings. The van der Waals surface area contributed by atoms with Gasteiger partial charge in [-0.05, 0) is 6.07 Å². The van der Waals surface area contributed by atoms with Crippen molar-refractivity contribution in [1.82, 2.24) is 24.7 Å². The van der Waals surface area contributed by atoms with Gasteiger partial charge in [0, 0.05) is 24.6 Å². The Morgan fingerprint density at radius 3 is 2.88 bits per heavy atom. The summed E-state index contributed by atoms with van der Waals surface area (Å²) in [6, 6.07) is 3.69. The molecular formula is C16H17FN6O. The van der Waals surface area contributed by atoms with Crippen LogP contribution in [0.15, 0.2) is 30.7 Å². The first-order valence-corrected chi connectivity index (χ1v) is 7.66. The molecule has 4 heterocycles. The Morgan fingerprint density at radius 1 is 1.29 bits per heavy atom. The van der Waals surface area contributed by atoms with Gasteiger partial charge in [0.05, 0.1) is 37.1 Å². The van der Waals surface area contributed by atoms with Crippen molar-refractivity contribution in [2.45, 2.75) is 12.1 Å². The highest BCUT2D eigenvalue weighted by molar-refractivity contribution is 5.63. The van der Waals surface area contributed by atoms with Crippen molar-refractivity contribution in [3.8, 4) is 17.3 Å². The van der Waals surface area contributed by atoms with Crippen molar-refractivity contribution in [2.75, 3.05) is 25.9 Å². The molecule has 0 unspecified atom stereocenters. The standard InChI is InChI=1S/C16H17FN6O/c1-24-15-8-23-13(6-20-14(23)7-21-15)12-3-2-9(16(18)22-12)10-4-19-5-11(10)17/h2-3,6-8,10-11,19H,4-5H2,1H3,(H2,18,22)/t10-,11-/m1/s1. The van der Waals surface area contributed by atoms with E-state index in [0.717, 1.165) is 11.3 Å². The van der Waals surface area contributed by atoms with E-state index in [9.17, 15) is 4.39 Å². The Labute approximate surface area is 137 Å². The Kier molecular flexibility index (Phi) is 3.53. The van der Waals surface area contributed by atoms with Crippen LogP contribution in [-0.2, 0) is 0 Å². The molecule has 2 atom stereocenters. The van der Waals surface area contributed by atoms with Gasteiger partial charge in [0.15, 0.2) is 5.65 Å². The van der Waals surface area contributed by atoms with Crippen LogP contribution < -0.4 is 15.8 Å². The van der Waals surface area contributed by atoms with Crippen LogP contribution in [0.3, 0.4) is 0 Å². The minimum atomic E-state index is -0.939. The third-order valence-electron chi connectivity index (χ3n) is 4.34. The zero-order valence-electron chi connectivity index (χ0n) is 13.1. The van der Waals surface area contributed by atoms with Crippen molar-refractivity contribution in [3.63, 3.8) is 0 Å². The molecule has 0 aliphatic carbocycles.